The first-order valence-corrected chi connectivity index (χ1v) is 11.9. The average Bonchev–Trinajstić information content (AvgIpc) is 3.05. The molecule has 0 aliphatic heterocycles. The predicted octanol–water partition coefficient (Wildman–Crippen LogP) is 5.21. The maximum absolute atomic E-state index is 6.22. The van der Waals surface area contributed by atoms with Gasteiger partial charge in [-0.3, -0.25) is 0 Å². The second-order valence-electron chi connectivity index (χ2n) is 11.1. The minimum absolute atomic E-state index is 0.225. The van der Waals surface area contributed by atoms with Crippen molar-refractivity contribution in [3.8, 4) is 0 Å². The van der Waals surface area contributed by atoms with Gasteiger partial charge in [0, 0.05) is 11.5 Å². The number of nitrogens with one attached hydrogen (secondary N) is 1. The molecule has 5 saturated carbocycles. The first-order chi connectivity index (χ1) is 13.4. The molecule has 0 amide bonds. The minimum Gasteiger partial charge on any atom is -0.376 e. The van der Waals surface area contributed by atoms with Crippen LogP contribution in [-0.4, -0.2) is 17.6 Å². The average molecular weight is 397 g/mol. The van der Waals surface area contributed by atoms with Crippen molar-refractivity contribution in [1.29, 1.82) is 0 Å². The Hall–Kier alpha value is -0.930. The molecule has 0 saturated heterocycles. The van der Waals surface area contributed by atoms with Gasteiger partial charge in [-0.25, -0.2) is 0 Å². The molecule has 1 aromatic carbocycles. The van der Waals surface area contributed by atoms with Crippen molar-refractivity contribution >= 4 is 17.2 Å². The summed E-state index contributed by atoms with van der Waals surface area (Å²) >= 11 is 6.22. The quantitative estimate of drug-likeness (QED) is 0.687. The van der Waals surface area contributed by atoms with Crippen LogP contribution in [-0.2, 0) is 5.41 Å². The van der Waals surface area contributed by atoms with E-state index >= 15 is 0 Å². The standard InChI is InChI=1S/C25H36N2S/c1-23(2)19-12-24(18-6-4-3-5-7-18)14-21(23)25(13-19,16-24)22(28)27-20-10-8-17(15-26)9-11-20/h3-7,17,19-21H,8-16,26H2,1-2H3,(H,27,28). The Labute approximate surface area is 176 Å². The summed E-state index contributed by atoms with van der Waals surface area (Å²) in [5.74, 6) is 2.25. The molecular formula is C25H36N2S. The zero-order chi connectivity index (χ0) is 19.6. The Balaban J connectivity index is 1.40. The van der Waals surface area contributed by atoms with Crippen LogP contribution in [0.4, 0.5) is 0 Å². The molecule has 5 aliphatic rings. The van der Waals surface area contributed by atoms with Crippen LogP contribution in [0.25, 0.3) is 0 Å². The number of benzene rings is 1. The molecule has 152 valence electrons. The lowest BCUT2D eigenvalue weighted by molar-refractivity contribution is 0.0901. The second-order valence-corrected chi connectivity index (χ2v) is 11.5. The van der Waals surface area contributed by atoms with Gasteiger partial charge in [0.2, 0.25) is 0 Å². The summed E-state index contributed by atoms with van der Waals surface area (Å²) in [7, 11) is 0. The molecule has 3 heteroatoms. The van der Waals surface area contributed by atoms with Gasteiger partial charge >= 0.3 is 0 Å². The maximum atomic E-state index is 6.22. The summed E-state index contributed by atoms with van der Waals surface area (Å²) in [6, 6.07) is 11.9. The number of hydrogen-bond acceptors (Lipinski definition) is 2. The topological polar surface area (TPSA) is 38.0 Å². The highest BCUT2D eigenvalue weighted by Crippen LogP contribution is 2.76. The van der Waals surface area contributed by atoms with Gasteiger partial charge in [0.15, 0.2) is 0 Å². The minimum atomic E-state index is 0.225. The fraction of sp³-hybridized carbons (Fsp3) is 0.720. The molecule has 5 fully saturated rings. The fourth-order valence-corrected chi connectivity index (χ4v) is 8.32. The molecule has 5 aliphatic carbocycles. The van der Waals surface area contributed by atoms with Crippen LogP contribution in [0.3, 0.4) is 0 Å². The van der Waals surface area contributed by atoms with Gasteiger partial charge in [0.05, 0.1) is 4.99 Å². The van der Waals surface area contributed by atoms with Crippen molar-refractivity contribution in [1.82, 2.24) is 5.32 Å². The van der Waals surface area contributed by atoms with Gasteiger partial charge in [-0.1, -0.05) is 56.4 Å². The molecule has 28 heavy (non-hydrogen) atoms. The lowest BCUT2D eigenvalue weighted by Crippen LogP contribution is -2.47. The highest BCUT2D eigenvalue weighted by Gasteiger charge is 2.72. The van der Waals surface area contributed by atoms with Gasteiger partial charge in [0.1, 0.15) is 0 Å². The van der Waals surface area contributed by atoms with E-state index in [0.29, 0.717) is 16.9 Å². The molecule has 0 spiro atoms. The van der Waals surface area contributed by atoms with Gasteiger partial charge in [0.25, 0.3) is 0 Å². The molecule has 1 aromatic rings. The van der Waals surface area contributed by atoms with Crippen molar-refractivity contribution in [2.45, 2.75) is 76.7 Å². The van der Waals surface area contributed by atoms with E-state index < -0.39 is 0 Å². The van der Waals surface area contributed by atoms with Crippen LogP contribution < -0.4 is 11.1 Å². The van der Waals surface area contributed by atoms with Gasteiger partial charge in [-0.15, -0.1) is 0 Å². The first kappa shape index (κ1) is 19.1. The summed E-state index contributed by atoms with van der Waals surface area (Å²) in [5.41, 5.74) is 8.45. The number of thiocarbonyl (C=S) groups is 1. The van der Waals surface area contributed by atoms with Gasteiger partial charge < -0.3 is 11.1 Å². The largest absolute Gasteiger partial charge is 0.376 e. The normalized spacial score (nSPS) is 43.2. The van der Waals surface area contributed by atoms with E-state index in [0.717, 1.165) is 24.3 Å². The van der Waals surface area contributed by atoms with E-state index in [1.807, 2.05) is 0 Å². The van der Waals surface area contributed by atoms with Crippen molar-refractivity contribution in [2.24, 2.45) is 34.3 Å². The van der Waals surface area contributed by atoms with Gasteiger partial charge in [-0.05, 0) is 92.1 Å². The molecule has 0 heterocycles. The second kappa shape index (κ2) is 6.54. The van der Waals surface area contributed by atoms with E-state index in [4.69, 9.17) is 18.0 Å². The highest BCUT2D eigenvalue weighted by molar-refractivity contribution is 7.80. The smallest absolute Gasteiger partial charge is 0.0821 e. The van der Waals surface area contributed by atoms with Crippen LogP contribution in [0.15, 0.2) is 30.3 Å². The van der Waals surface area contributed by atoms with E-state index in [-0.39, 0.29) is 5.41 Å². The Morgan fingerprint density at radius 2 is 1.79 bits per heavy atom. The van der Waals surface area contributed by atoms with E-state index in [9.17, 15) is 0 Å². The molecule has 0 aromatic heterocycles. The summed E-state index contributed by atoms with van der Waals surface area (Å²) in [6.45, 7) is 5.90. The third kappa shape index (κ3) is 2.65. The lowest BCUT2D eigenvalue weighted by Gasteiger charge is -2.46. The Bertz CT molecular complexity index is 751. The van der Waals surface area contributed by atoms with Gasteiger partial charge in [-0.2, -0.15) is 0 Å². The number of hydrogen-bond donors (Lipinski definition) is 2. The summed E-state index contributed by atoms with van der Waals surface area (Å²) in [4.78, 5) is 1.21. The number of nitrogens with two attached hydrogens (primary N) is 1. The zero-order valence-electron chi connectivity index (χ0n) is 17.5. The zero-order valence-corrected chi connectivity index (χ0v) is 18.4. The summed E-state index contributed by atoms with van der Waals surface area (Å²) in [5, 5.41) is 3.91. The molecule has 4 bridgehead atoms. The van der Waals surface area contributed by atoms with Crippen LogP contribution in [0, 0.1) is 28.6 Å². The molecular weight excluding hydrogens is 360 g/mol. The molecule has 4 atom stereocenters. The van der Waals surface area contributed by atoms with Crippen molar-refractivity contribution < 1.29 is 0 Å². The van der Waals surface area contributed by atoms with Crippen LogP contribution in [0.2, 0.25) is 0 Å². The van der Waals surface area contributed by atoms with Crippen LogP contribution in [0.5, 0.6) is 0 Å². The Kier molecular flexibility index (Phi) is 4.45. The Morgan fingerprint density at radius 1 is 1.07 bits per heavy atom. The van der Waals surface area contributed by atoms with Crippen molar-refractivity contribution in [3.63, 3.8) is 0 Å². The van der Waals surface area contributed by atoms with Crippen LogP contribution >= 0.6 is 12.2 Å². The first-order valence-electron chi connectivity index (χ1n) is 11.5. The summed E-state index contributed by atoms with van der Waals surface area (Å²) < 4.78 is 0. The van der Waals surface area contributed by atoms with E-state index in [2.05, 4.69) is 49.5 Å². The van der Waals surface area contributed by atoms with E-state index in [1.165, 1.54) is 56.4 Å². The van der Waals surface area contributed by atoms with Crippen molar-refractivity contribution in [3.05, 3.63) is 35.9 Å². The third-order valence-electron chi connectivity index (χ3n) is 9.47. The third-order valence-corrected chi connectivity index (χ3v) is 9.99. The molecule has 2 nitrogen and oxygen atoms in total. The van der Waals surface area contributed by atoms with E-state index in [1.54, 1.807) is 5.56 Å². The molecule has 6 rings (SSSR count). The van der Waals surface area contributed by atoms with Crippen LogP contribution in [0.1, 0.15) is 70.8 Å². The number of rotatable bonds is 4. The monoisotopic (exact) mass is 396 g/mol. The highest BCUT2D eigenvalue weighted by atomic mass is 32.1. The van der Waals surface area contributed by atoms with Crippen molar-refractivity contribution in [2.75, 3.05) is 6.54 Å². The maximum Gasteiger partial charge on any atom is 0.0821 e. The summed E-state index contributed by atoms with van der Waals surface area (Å²) in [6.07, 6.45) is 10.2. The predicted molar refractivity (Wildman–Crippen MR) is 120 cm³/mol. The fourth-order valence-electron chi connectivity index (χ4n) is 7.86. The lowest BCUT2D eigenvalue weighted by atomic mass is 9.58. The SMILES string of the molecule is CC1(C)C2CC3(c4ccccc4)CC1C(C(=S)NC1CCC(CN)CC1)(C2)C3. The molecule has 4 unspecified atom stereocenters. The Morgan fingerprint density at radius 3 is 2.46 bits per heavy atom. The molecule has 0 radical (unpaired) electrons. The molecule has 3 N–H and O–H groups in total.